The van der Waals surface area contributed by atoms with Gasteiger partial charge in [0.2, 0.25) is 0 Å². The van der Waals surface area contributed by atoms with Crippen molar-refractivity contribution in [1.82, 2.24) is 20.3 Å². The first-order valence-electron chi connectivity index (χ1n) is 6.91. The second-order valence-electron chi connectivity index (χ2n) is 5.05. The summed E-state index contributed by atoms with van der Waals surface area (Å²) in [4.78, 5) is 0. The quantitative estimate of drug-likeness (QED) is 0.853. The lowest BCUT2D eigenvalue weighted by Gasteiger charge is -2.07. The van der Waals surface area contributed by atoms with Gasteiger partial charge in [0.15, 0.2) is 0 Å². The molecule has 1 aromatic heterocycles. The van der Waals surface area contributed by atoms with Gasteiger partial charge in [0.05, 0.1) is 17.3 Å². The summed E-state index contributed by atoms with van der Waals surface area (Å²) in [5, 5.41) is 11.8. The van der Waals surface area contributed by atoms with E-state index in [-0.39, 0.29) is 10.8 Å². The van der Waals surface area contributed by atoms with Crippen LogP contribution in [0.2, 0.25) is 5.02 Å². The minimum atomic E-state index is -0.378. The first-order chi connectivity index (χ1) is 10.2. The molecule has 0 saturated heterocycles. The molecule has 1 aromatic carbocycles. The van der Waals surface area contributed by atoms with Crippen LogP contribution >= 0.6 is 11.6 Å². The molecule has 3 rings (SSSR count). The van der Waals surface area contributed by atoms with Gasteiger partial charge in [0.25, 0.3) is 0 Å². The van der Waals surface area contributed by atoms with Crippen LogP contribution in [0.25, 0.3) is 0 Å². The van der Waals surface area contributed by atoms with Gasteiger partial charge in [-0.3, -0.25) is 0 Å². The highest BCUT2D eigenvalue weighted by Gasteiger charge is 2.20. The molecule has 21 heavy (non-hydrogen) atoms. The van der Waals surface area contributed by atoms with Crippen LogP contribution in [0.5, 0.6) is 5.75 Å². The molecule has 0 atom stereocenters. The summed E-state index contributed by atoms with van der Waals surface area (Å²) in [6.45, 7) is 1.70. The van der Waals surface area contributed by atoms with E-state index < -0.39 is 0 Å². The van der Waals surface area contributed by atoms with Gasteiger partial charge in [0, 0.05) is 18.8 Å². The third-order valence-electron chi connectivity index (χ3n) is 3.21. The Morgan fingerprint density at radius 3 is 3.05 bits per heavy atom. The Morgan fingerprint density at radius 2 is 2.29 bits per heavy atom. The summed E-state index contributed by atoms with van der Waals surface area (Å²) in [6.07, 6.45) is 4.39. The van der Waals surface area contributed by atoms with E-state index in [1.165, 1.54) is 31.0 Å². The zero-order valence-corrected chi connectivity index (χ0v) is 12.2. The second-order valence-corrected chi connectivity index (χ2v) is 5.46. The molecule has 7 heteroatoms. The fraction of sp³-hybridized carbons (Fsp3) is 0.429. The van der Waals surface area contributed by atoms with Crippen molar-refractivity contribution >= 4 is 11.6 Å². The lowest BCUT2D eigenvalue weighted by Crippen LogP contribution is -2.15. The van der Waals surface area contributed by atoms with Crippen LogP contribution < -0.4 is 10.1 Å². The predicted molar refractivity (Wildman–Crippen MR) is 76.8 cm³/mol. The molecular formula is C14H16ClFN4O. The lowest BCUT2D eigenvalue weighted by molar-refractivity contribution is 0.289. The largest absolute Gasteiger partial charge is 0.490 e. The van der Waals surface area contributed by atoms with E-state index in [1.54, 1.807) is 4.68 Å². The molecule has 5 nitrogen and oxygen atoms in total. The maximum Gasteiger partial charge on any atom is 0.138 e. The van der Waals surface area contributed by atoms with E-state index >= 15 is 0 Å². The van der Waals surface area contributed by atoms with Crippen LogP contribution in [0, 0.1) is 5.82 Å². The van der Waals surface area contributed by atoms with Gasteiger partial charge in [-0.1, -0.05) is 16.8 Å². The monoisotopic (exact) mass is 310 g/mol. The minimum Gasteiger partial charge on any atom is -0.490 e. The number of nitrogens with one attached hydrogen (secondary N) is 1. The molecule has 0 amide bonds. The van der Waals surface area contributed by atoms with Crippen molar-refractivity contribution in [2.75, 3.05) is 6.61 Å². The molecule has 0 unspecified atom stereocenters. The first-order valence-corrected chi connectivity index (χ1v) is 7.29. The Labute approximate surface area is 127 Å². The Bertz CT molecular complexity index is 615. The summed E-state index contributed by atoms with van der Waals surface area (Å²) >= 11 is 5.88. The van der Waals surface area contributed by atoms with E-state index in [0.717, 1.165) is 12.2 Å². The summed E-state index contributed by atoms with van der Waals surface area (Å²) in [5.41, 5.74) is 0.918. The molecule has 0 radical (unpaired) electrons. The molecule has 0 aliphatic heterocycles. The van der Waals surface area contributed by atoms with Gasteiger partial charge in [-0.15, -0.1) is 5.10 Å². The van der Waals surface area contributed by atoms with Gasteiger partial charge < -0.3 is 10.1 Å². The predicted octanol–water partition coefficient (Wildman–Crippen LogP) is 2.40. The zero-order chi connectivity index (χ0) is 14.7. The molecule has 1 saturated carbocycles. The summed E-state index contributed by atoms with van der Waals surface area (Å²) in [5.74, 6) is 0.0882. The first kappa shape index (κ1) is 14.3. The van der Waals surface area contributed by atoms with E-state index in [9.17, 15) is 4.39 Å². The van der Waals surface area contributed by atoms with Gasteiger partial charge in [-0.05, 0) is 31.0 Å². The maximum atomic E-state index is 12.9. The third kappa shape index (κ3) is 4.15. The average Bonchev–Trinajstić information content (AvgIpc) is 3.18. The van der Waals surface area contributed by atoms with Crippen LogP contribution in [-0.2, 0) is 13.1 Å². The van der Waals surface area contributed by atoms with Gasteiger partial charge in [0.1, 0.15) is 18.2 Å². The molecule has 2 aromatic rings. The topological polar surface area (TPSA) is 52.0 Å². The Morgan fingerprint density at radius 1 is 1.43 bits per heavy atom. The average molecular weight is 311 g/mol. The van der Waals surface area contributed by atoms with Gasteiger partial charge >= 0.3 is 0 Å². The Hall–Kier alpha value is -1.66. The molecule has 1 heterocycles. The number of aromatic nitrogens is 3. The number of rotatable bonds is 7. The maximum absolute atomic E-state index is 12.9. The Balaban J connectivity index is 1.46. The molecule has 1 fully saturated rings. The van der Waals surface area contributed by atoms with Crippen molar-refractivity contribution in [3.05, 3.63) is 40.9 Å². The number of hydrogen-bond acceptors (Lipinski definition) is 4. The Kier molecular flexibility index (Phi) is 4.36. The zero-order valence-electron chi connectivity index (χ0n) is 11.4. The van der Waals surface area contributed by atoms with Crippen molar-refractivity contribution in [2.24, 2.45) is 0 Å². The number of benzene rings is 1. The third-order valence-corrected chi connectivity index (χ3v) is 3.50. The van der Waals surface area contributed by atoms with Crippen LogP contribution in [0.1, 0.15) is 18.5 Å². The molecule has 0 spiro atoms. The minimum absolute atomic E-state index is 0.267. The van der Waals surface area contributed by atoms with Gasteiger partial charge in [-0.25, -0.2) is 9.07 Å². The number of halogens is 2. The number of ether oxygens (including phenoxy) is 1. The van der Waals surface area contributed by atoms with E-state index in [1.807, 2.05) is 6.20 Å². The number of hydrogen-bond donors (Lipinski definition) is 1. The normalized spacial score (nSPS) is 14.4. The van der Waals surface area contributed by atoms with Crippen molar-refractivity contribution in [2.45, 2.75) is 32.0 Å². The van der Waals surface area contributed by atoms with Gasteiger partial charge in [-0.2, -0.15) is 0 Å². The standard InChI is InChI=1S/C14H16ClFN4O/c15-13-7-10(16)1-4-14(13)21-6-5-20-9-12(18-19-20)8-17-11-2-3-11/h1,4,7,9,11,17H,2-3,5-6,8H2. The van der Waals surface area contributed by atoms with Crippen molar-refractivity contribution in [3.63, 3.8) is 0 Å². The molecule has 1 aliphatic rings. The highest BCUT2D eigenvalue weighted by atomic mass is 35.5. The number of nitrogens with zero attached hydrogens (tertiary/aromatic N) is 3. The highest BCUT2D eigenvalue weighted by molar-refractivity contribution is 6.32. The summed E-state index contributed by atoms with van der Waals surface area (Å²) in [6, 6.07) is 4.72. The van der Waals surface area contributed by atoms with Crippen LogP contribution in [0.3, 0.4) is 0 Å². The smallest absolute Gasteiger partial charge is 0.138 e. The van der Waals surface area contributed by atoms with E-state index in [2.05, 4.69) is 15.6 Å². The fourth-order valence-electron chi connectivity index (χ4n) is 1.91. The molecular weight excluding hydrogens is 295 g/mol. The highest BCUT2D eigenvalue weighted by Crippen LogP contribution is 2.24. The SMILES string of the molecule is Fc1ccc(OCCn2cc(CNC3CC3)nn2)c(Cl)c1. The van der Waals surface area contributed by atoms with E-state index in [0.29, 0.717) is 24.9 Å². The van der Waals surface area contributed by atoms with E-state index in [4.69, 9.17) is 16.3 Å². The summed E-state index contributed by atoms with van der Waals surface area (Å²) < 4.78 is 20.1. The molecule has 112 valence electrons. The lowest BCUT2D eigenvalue weighted by atomic mass is 10.3. The van der Waals surface area contributed by atoms with Crippen LogP contribution in [0.15, 0.2) is 24.4 Å². The molecule has 0 bridgehead atoms. The molecule has 1 aliphatic carbocycles. The van der Waals surface area contributed by atoms with Crippen molar-refractivity contribution in [3.8, 4) is 5.75 Å². The fourth-order valence-corrected chi connectivity index (χ4v) is 2.13. The second kappa shape index (κ2) is 6.41. The van der Waals surface area contributed by atoms with Crippen LogP contribution in [0.4, 0.5) is 4.39 Å². The molecule has 1 N–H and O–H groups in total. The summed E-state index contributed by atoms with van der Waals surface area (Å²) in [7, 11) is 0. The van der Waals surface area contributed by atoms with Crippen molar-refractivity contribution < 1.29 is 9.13 Å². The van der Waals surface area contributed by atoms with Crippen LogP contribution in [-0.4, -0.2) is 27.6 Å². The van der Waals surface area contributed by atoms with Crippen molar-refractivity contribution in [1.29, 1.82) is 0 Å².